The largest absolute Gasteiger partial charge is 0.376 e. The van der Waals surface area contributed by atoms with Crippen LogP contribution in [0.1, 0.15) is 23.2 Å². The molecule has 2 aromatic rings. The lowest BCUT2D eigenvalue weighted by molar-refractivity contribution is -0.119. The minimum absolute atomic E-state index is 0.0859. The van der Waals surface area contributed by atoms with E-state index in [0.29, 0.717) is 26.6 Å². The maximum absolute atomic E-state index is 12.3. The molecule has 1 aliphatic rings. The quantitative estimate of drug-likeness (QED) is 0.454. The van der Waals surface area contributed by atoms with E-state index in [0.717, 1.165) is 23.9 Å². The van der Waals surface area contributed by atoms with E-state index < -0.39 is 0 Å². The number of anilines is 1. The zero-order valence-electron chi connectivity index (χ0n) is 14.0. The highest BCUT2D eigenvalue weighted by Crippen LogP contribution is 2.27. The number of amides is 2. The Morgan fingerprint density at radius 3 is 3.04 bits per heavy atom. The maximum Gasteiger partial charge on any atom is 0.259 e. The Morgan fingerprint density at radius 2 is 2.26 bits per heavy atom. The number of rotatable bonds is 7. The number of carbonyl (C=O) groups excluding carboxylic acids is 2. The van der Waals surface area contributed by atoms with Crippen LogP contribution < -0.4 is 10.6 Å². The molecular weight excluding hydrogens is 476 g/mol. The number of aromatic nitrogens is 2. The lowest BCUT2D eigenvalue weighted by Crippen LogP contribution is -2.32. The van der Waals surface area contributed by atoms with Crippen molar-refractivity contribution in [3.63, 3.8) is 0 Å². The van der Waals surface area contributed by atoms with Crippen LogP contribution in [0.2, 0.25) is 5.02 Å². The van der Waals surface area contributed by atoms with E-state index in [1.165, 1.54) is 23.1 Å². The Morgan fingerprint density at radius 1 is 1.41 bits per heavy atom. The summed E-state index contributed by atoms with van der Waals surface area (Å²) in [6.07, 6.45) is 2.14. The van der Waals surface area contributed by atoms with Crippen LogP contribution >= 0.6 is 50.6 Å². The minimum atomic E-state index is -0.372. The van der Waals surface area contributed by atoms with Gasteiger partial charge >= 0.3 is 0 Å². The van der Waals surface area contributed by atoms with Gasteiger partial charge in [-0.3, -0.25) is 14.9 Å². The van der Waals surface area contributed by atoms with Gasteiger partial charge in [0.25, 0.3) is 5.91 Å². The van der Waals surface area contributed by atoms with Crippen LogP contribution in [-0.2, 0) is 9.53 Å². The summed E-state index contributed by atoms with van der Waals surface area (Å²) < 4.78 is 6.81. The second-order valence-electron chi connectivity index (χ2n) is 5.68. The molecule has 1 aromatic heterocycles. The monoisotopic (exact) mass is 490 g/mol. The molecule has 27 heavy (non-hydrogen) atoms. The van der Waals surface area contributed by atoms with E-state index in [1.54, 1.807) is 18.2 Å². The normalized spacial score (nSPS) is 16.3. The number of hydrogen-bond donors (Lipinski definition) is 2. The van der Waals surface area contributed by atoms with E-state index in [2.05, 4.69) is 36.8 Å². The highest BCUT2D eigenvalue weighted by molar-refractivity contribution is 9.10. The first-order valence-corrected chi connectivity index (χ1v) is 11.1. The molecule has 0 aliphatic carbocycles. The molecule has 0 unspecified atom stereocenters. The summed E-state index contributed by atoms with van der Waals surface area (Å²) in [5.74, 6) is -0.229. The van der Waals surface area contributed by atoms with Gasteiger partial charge in [-0.2, -0.15) is 0 Å². The van der Waals surface area contributed by atoms with Crippen LogP contribution in [0, 0.1) is 0 Å². The van der Waals surface area contributed by atoms with Gasteiger partial charge in [0.1, 0.15) is 0 Å². The molecule has 2 heterocycles. The summed E-state index contributed by atoms with van der Waals surface area (Å²) >= 11 is 11.8. The molecular formula is C16H16BrClN4O3S2. The third kappa shape index (κ3) is 6.15. The molecule has 0 radical (unpaired) electrons. The molecule has 1 fully saturated rings. The molecule has 2 N–H and O–H groups in total. The standard InChI is InChI=1S/C16H16BrClN4O3S2/c17-9-3-4-12(18)11(6-9)14(24)20-15-21-22-16(27-15)26-8-13(23)19-7-10-2-1-5-25-10/h3-4,6,10H,1-2,5,7-8H2,(H,19,23)(H,20,21,24)/t10-/m1/s1. The number of halogens is 2. The topological polar surface area (TPSA) is 93.2 Å². The van der Waals surface area contributed by atoms with Crippen LogP contribution in [0.25, 0.3) is 0 Å². The van der Waals surface area contributed by atoms with Crippen LogP contribution in [0.15, 0.2) is 27.0 Å². The van der Waals surface area contributed by atoms with Gasteiger partial charge in [0.2, 0.25) is 11.0 Å². The highest BCUT2D eigenvalue weighted by atomic mass is 79.9. The smallest absolute Gasteiger partial charge is 0.259 e. The SMILES string of the molecule is O=C(CSc1nnc(NC(=O)c2cc(Br)ccc2Cl)s1)NC[C@H]1CCCO1. The van der Waals surface area contributed by atoms with Gasteiger partial charge in [-0.05, 0) is 31.0 Å². The molecule has 144 valence electrons. The minimum Gasteiger partial charge on any atom is -0.376 e. The van der Waals surface area contributed by atoms with Crippen molar-refractivity contribution < 1.29 is 14.3 Å². The first-order chi connectivity index (χ1) is 13.0. The fourth-order valence-electron chi connectivity index (χ4n) is 2.37. The second-order valence-corrected chi connectivity index (χ2v) is 9.20. The molecule has 11 heteroatoms. The predicted molar refractivity (Wildman–Crippen MR) is 110 cm³/mol. The van der Waals surface area contributed by atoms with Crippen molar-refractivity contribution in [2.75, 3.05) is 24.2 Å². The fourth-order valence-corrected chi connectivity index (χ4v) is 4.51. The van der Waals surface area contributed by atoms with Crippen LogP contribution in [-0.4, -0.2) is 47.0 Å². The lowest BCUT2D eigenvalue weighted by Gasteiger charge is -2.09. The Balaban J connectivity index is 1.47. The van der Waals surface area contributed by atoms with Crippen LogP contribution in [0.5, 0.6) is 0 Å². The van der Waals surface area contributed by atoms with Crippen molar-refractivity contribution in [3.8, 4) is 0 Å². The van der Waals surface area contributed by atoms with Crippen molar-refractivity contribution >= 4 is 67.6 Å². The molecule has 7 nitrogen and oxygen atoms in total. The highest BCUT2D eigenvalue weighted by Gasteiger charge is 2.17. The third-order valence-corrected chi connectivity index (χ3v) is 6.47. The van der Waals surface area contributed by atoms with Crippen molar-refractivity contribution in [3.05, 3.63) is 33.3 Å². The average Bonchev–Trinajstić information content (AvgIpc) is 3.32. The van der Waals surface area contributed by atoms with E-state index >= 15 is 0 Å². The number of nitrogens with one attached hydrogen (secondary N) is 2. The zero-order chi connectivity index (χ0) is 19.2. The number of benzene rings is 1. The van der Waals surface area contributed by atoms with Crippen molar-refractivity contribution in [2.45, 2.75) is 23.3 Å². The predicted octanol–water partition coefficient (Wildman–Crippen LogP) is 3.59. The second kappa shape index (κ2) is 9.83. The van der Waals surface area contributed by atoms with Crippen LogP contribution in [0.3, 0.4) is 0 Å². The molecule has 0 bridgehead atoms. The summed E-state index contributed by atoms with van der Waals surface area (Å²) in [6.45, 7) is 1.30. The number of ether oxygens (including phenoxy) is 1. The van der Waals surface area contributed by atoms with Gasteiger partial charge in [-0.25, -0.2) is 0 Å². The molecule has 3 rings (SSSR count). The van der Waals surface area contributed by atoms with Crippen molar-refractivity contribution in [1.82, 2.24) is 15.5 Å². The Bertz CT molecular complexity index is 830. The Hall–Kier alpha value is -1.20. The molecule has 2 amide bonds. The van der Waals surface area contributed by atoms with Gasteiger partial charge in [0, 0.05) is 17.6 Å². The first kappa shape index (κ1) is 20.5. The van der Waals surface area contributed by atoms with E-state index in [9.17, 15) is 9.59 Å². The van der Waals surface area contributed by atoms with Gasteiger partial charge in [0.05, 0.1) is 22.4 Å². The number of nitrogens with zero attached hydrogens (tertiary/aromatic N) is 2. The number of thioether (sulfide) groups is 1. The zero-order valence-corrected chi connectivity index (χ0v) is 18.0. The Kier molecular flexibility index (Phi) is 7.48. The average molecular weight is 492 g/mol. The molecule has 1 atom stereocenters. The third-order valence-electron chi connectivity index (χ3n) is 3.68. The molecule has 1 aromatic carbocycles. The van der Waals surface area contributed by atoms with Crippen LogP contribution in [0.4, 0.5) is 5.13 Å². The van der Waals surface area contributed by atoms with E-state index in [4.69, 9.17) is 16.3 Å². The van der Waals surface area contributed by atoms with Crippen molar-refractivity contribution in [1.29, 1.82) is 0 Å². The summed E-state index contributed by atoms with van der Waals surface area (Å²) in [5.41, 5.74) is 0.337. The van der Waals surface area contributed by atoms with E-state index in [-0.39, 0.29) is 23.7 Å². The molecule has 1 saturated heterocycles. The molecule has 0 spiro atoms. The van der Waals surface area contributed by atoms with E-state index in [1.807, 2.05) is 0 Å². The van der Waals surface area contributed by atoms with Gasteiger partial charge in [0.15, 0.2) is 4.34 Å². The van der Waals surface area contributed by atoms with Gasteiger partial charge < -0.3 is 10.1 Å². The molecule has 0 saturated carbocycles. The fraction of sp³-hybridized carbons (Fsp3) is 0.375. The summed E-state index contributed by atoms with van der Waals surface area (Å²) in [6, 6.07) is 5.02. The summed E-state index contributed by atoms with van der Waals surface area (Å²) in [7, 11) is 0. The summed E-state index contributed by atoms with van der Waals surface area (Å²) in [4.78, 5) is 24.2. The van der Waals surface area contributed by atoms with Gasteiger partial charge in [-0.1, -0.05) is 50.6 Å². The number of carbonyl (C=O) groups is 2. The lowest BCUT2D eigenvalue weighted by atomic mass is 10.2. The van der Waals surface area contributed by atoms with Crippen molar-refractivity contribution in [2.24, 2.45) is 0 Å². The Labute approximate surface area is 177 Å². The van der Waals surface area contributed by atoms with Gasteiger partial charge in [-0.15, -0.1) is 10.2 Å². The summed E-state index contributed by atoms with van der Waals surface area (Å²) in [5, 5.41) is 14.1. The maximum atomic E-state index is 12.3. The number of hydrogen-bond acceptors (Lipinski definition) is 7. The first-order valence-electron chi connectivity index (χ1n) is 8.12. The molecule has 1 aliphatic heterocycles.